The van der Waals surface area contributed by atoms with E-state index in [9.17, 15) is 9.36 Å². The molecule has 0 saturated heterocycles. The summed E-state index contributed by atoms with van der Waals surface area (Å²) in [5, 5.41) is 0. The number of allylic oxidation sites excluding steroid dienone is 2. The van der Waals surface area contributed by atoms with Gasteiger partial charge in [-0.3, -0.25) is 4.57 Å². The van der Waals surface area contributed by atoms with E-state index >= 15 is 0 Å². The lowest BCUT2D eigenvalue weighted by atomic mass is 9.90. The molecule has 1 aromatic carbocycles. The summed E-state index contributed by atoms with van der Waals surface area (Å²) in [5.41, 5.74) is 5.09. The van der Waals surface area contributed by atoms with Crippen LogP contribution < -0.4 is 4.74 Å². The van der Waals surface area contributed by atoms with Crippen molar-refractivity contribution in [1.29, 1.82) is 0 Å². The van der Waals surface area contributed by atoms with Crippen LogP contribution in [-0.2, 0) is 31.4 Å². The summed E-state index contributed by atoms with van der Waals surface area (Å²) in [6, 6.07) is 0.979. The summed E-state index contributed by atoms with van der Waals surface area (Å²) in [7, 11) is -1.69. The Labute approximate surface area is 187 Å². The lowest BCUT2D eigenvalue weighted by molar-refractivity contribution is 0.0532. The highest BCUT2D eigenvalue weighted by molar-refractivity contribution is 7.54. The van der Waals surface area contributed by atoms with Crippen molar-refractivity contribution in [3.8, 4) is 5.75 Å². The second kappa shape index (κ2) is 10.3. The Morgan fingerprint density at radius 2 is 1.90 bits per heavy atom. The molecular formula is C23H35O6PSi. The SMILES string of the molecule is C=Cc1c(C)c2c(c(OCC[Si](C)(C)C)c1C/C=C(\C)CP(=O)(OC)OC)C(=O)OC2. The van der Waals surface area contributed by atoms with Crippen LogP contribution in [0.4, 0.5) is 0 Å². The number of carbonyl (C=O) groups is 1. The van der Waals surface area contributed by atoms with Gasteiger partial charge in [0.05, 0.1) is 12.8 Å². The van der Waals surface area contributed by atoms with Crippen LogP contribution in [0.1, 0.15) is 39.5 Å². The predicted molar refractivity (Wildman–Crippen MR) is 128 cm³/mol. The van der Waals surface area contributed by atoms with E-state index in [-0.39, 0.29) is 18.7 Å². The number of esters is 1. The molecule has 1 aromatic rings. The molecule has 0 unspecified atom stereocenters. The summed E-state index contributed by atoms with van der Waals surface area (Å²) in [6.07, 6.45) is 4.48. The van der Waals surface area contributed by atoms with Gasteiger partial charge in [-0.2, -0.15) is 0 Å². The fourth-order valence-electron chi connectivity index (χ4n) is 3.54. The highest BCUT2D eigenvalue weighted by atomic mass is 31.2. The molecule has 1 aliphatic heterocycles. The van der Waals surface area contributed by atoms with E-state index in [1.54, 1.807) is 6.08 Å². The molecule has 1 heterocycles. The zero-order chi connectivity index (χ0) is 23.4. The van der Waals surface area contributed by atoms with Crippen molar-refractivity contribution >= 4 is 27.7 Å². The Balaban J connectivity index is 2.49. The van der Waals surface area contributed by atoms with E-state index in [1.165, 1.54) is 14.2 Å². The topological polar surface area (TPSA) is 71.1 Å². The van der Waals surface area contributed by atoms with E-state index in [4.69, 9.17) is 18.5 Å². The van der Waals surface area contributed by atoms with Crippen LogP contribution >= 0.6 is 7.60 Å². The molecule has 0 aliphatic carbocycles. The van der Waals surface area contributed by atoms with Crippen molar-refractivity contribution in [3.05, 3.63) is 46.0 Å². The average molecular weight is 467 g/mol. The number of benzene rings is 1. The summed E-state index contributed by atoms with van der Waals surface area (Å²) in [6.45, 7) is 15.5. The van der Waals surface area contributed by atoms with Gasteiger partial charge in [0, 0.05) is 33.4 Å². The molecule has 0 saturated carbocycles. The average Bonchev–Trinajstić information content (AvgIpc) is 3.09. The van der Waals surface area contributed by atoms with Gasteiger partial charge in [0.1, 0.15) is 17.9 Å². The molecule has 1 aliphatic rings. The van der Waals surface area contributed by atoms with Gasteiger partial charge in [0.2, 0.25) is 0 Å². The van der Waals surface area contributed by atoms with E-state index < -0.39 is 15.7 Å². The third kappa shape index (κ3) is 6.19. The maximum atomic E-state index is 12.5. The molecule has 0 fully saturated rings. The second-order valence-electron chi connectivity index (χ2n) is 9.03. The van der Waals surface area contributed by atoms with E-state index in [0.717, 1.165) is 33.9 Å². The molecule has 0 spiro atoms. The van der Waals surface area contributed by atoms with Crippen molar-refractivity contribution in [2.45, 2.75) is 52.6 Å². The molecule has 0 bridgehead atoms. The molecule has 2 rings (SSSR count). The fourth-order valence-corrected chi connectivity index (χ4v) is 5.40. The Morgan fingerprint density at radius 3 is 2.45 bits per heavy atom. The number of carbonyl (C=O) groups excluding carboxylic acids is 1. The first-order valence-corrected chi connectivity index (χ1v) is 15.9. The highest BCUT2D eigenvalue weighted by Gasteiger charge is 2.32. The van der Waals surface area contributed by atoms with Gasteiger partial charge < -0.3 is 18.5 Å². The van der Waals surface area contributed by atoms with Crippen LogP contribution in [0.5, 0.6) is 5.75 Å². The molecule has 0 atom stereocenters. The zero-order valence-electron chi connectivity index (χ0n) is 19.8. The number of ether oxygens (including phenoxy) is 2. The van der Waals surface area contributed by atoms with Gasteiger partial charge in [-0.15, -0.1) is 0 Å². The number of hydrogen-bond donors (Lipinski definition) is 0. The van der Waals surface area contributed by atoms with Crippen molar-refractivity contribution in [1.82, 2.24) is 0 Å². The first kappa shape index (κ1) is 25.6. The zero-order valence-corrected chi connectivity index (χ0v) is 21.7. The van der Waals surface area contributed by atoms with Crippen molar-refractivity contribution in [2.24, 2.45) is 0 Å². The number of hydrogen-bond acceptors (Lipinski definition) is 6. The lowest BCUT2D eigenvalue weighted by Gasteiger charge is -2.21. The minimum Gasteiger partial charge on any atom is -0.493 e. The van der Waals surface area contributed by atoms with E-state index in [0.29, 0.717) is 24.3 Å². The van der Waals surface area contributed by atoms with Crippen LogP contribution in [0.15, 0.2) is 18.2 Å². The third-order valence-electron chi connectivity index (χ3n) is 5.49. The summed E-state index contributed by atoms with van der Waals surface area (Å²) >= 11 is 0. The minimum atomic E-state index is -3.15. The Hall–Kier alpha value is -1.66. The van der Waals surface area contributed by atoms with E-state index in [1.807, 2.05) is 19.9 Å². The summed E-state index contributed by atoms with van der Waals surface area (Å²) < 4.78 is 34.2. The first-order chi connectivity index (χ1) is 14.5. The molecule has 6 nitrogen and oxygen atoms in total. The summed E-state index contributed by atoms with van der Waals surface area (Å²) in [5.74, 6) is 0.240. The Morgan fingerprint density at radius 1 is 1.26 bits per heavy atom. The number of cyclic esters (lactones) is 1. The smallest absolute Gasteiger partial charge is 0.342 e. The molecule has 0 aromatic heterocycles. The summed E-state index contributed by atoms with van der Waals surface area (Å²) in [4.78, 5) is 12.5. The second-order valence-corrected chi connectivity index (χ2v) is 16.9. The molecule has 0 radical (unpaired) electrons. The van der Waals surface area contributed by atoms with Gasteiger partial charge in [-0.1, -0.05) is 43.9 Å². The van der Waals surface area contributed by atoms with Gasteiger partial charge in [0.25, 0.3) is 0 Å². The quantitative estimate of drug-likeness (QED) is 0.172. The van der Waals surface area contributed by atoms with Crippen LogP contribution in [0.3, 0.4) is 0 Å². The number of rotatable bonds is 11. The van der Waals surface area contributed by atoms with Crippen molar-refractivity contribution in [3.63, 3.8) is 0 Å². The Kier molecular flexibility index (Phi) is 8.51. The number of fused-ring (bicyclic) bond motifs is 1. The molecular weight excluding hydrogens is 431 g/mol. The monoisotopic (exact) mass is 466 g/mol. The van der Waals surface area contributed by atoms with Crippen LogP contribution in [-0.4, -0.2) is 41.0 Å². The molecule has 8 heteroatoms. The highest BCUT2D eigenvalue weighted by Crippen LogP contribution is 2.48. The van der Waals surface area contributed by atoms with Crippen LogP contribution in [0.25, 0.3) is 6.08 Å². The third-order valence-corrected chi connectivity index (χ3v) is 9.20. The maximum absolute atomic E-state index is 12.5. The molecule has 0 N–H and O–H groups in total. The standard InChI is InChI=1S/C23H35O6PSi/c1-9-18-17(3)20-14-29-23(24)21(20)22(28-12-13-31(6,7)8)19(18)11-10-16(2)15-30(25,26-4)27-5/h9-10H,1,11-15H2,2-8H3/b16-10+. The van der Waals surface area contributed by atoms with Crippen LogP contribution in [0.2, 0.25) is 25.7 Å². The van der Waals surface area contributed by atoms with Gasteiger partial charge in [-0.25, -0.2) is 4.79 Å². The molecule has 0 amide bonds. The molecule has 172 valence electrons. The first-order valence-electron chi connectivity index (χ1n) is 10.4. The van der Waals surface area contributed by atoms with Crippen molar-refractivity contribution in [2.75, 3.05) is 27.0 Å². The molecule has 31 heavy (non-hydrogen) atoms. The van der Waals surface area contributed by atoms with Gasteiger partial charge in [-0.05, 0) is 37.4 Å². The normalized spacial score (nSPS) is 14.4. The van der Waals surface area contributed by atoms with Gasteiger partial charge in [0.15, 0.2) is 0 Å². The minimum absolute atomic E-state index is 0.196. The Bertz CT molecular complexity index is 921. The largest absolute Gasteiger partial charge is 0.493 e. The van der Waals surface area contributed by atoms with Gasteiger partial charge >= 0.3 is 13.6 Å². The maximum Gasteiger partial charge on any atom is 0.342 e. The van der Waals surface area contributed by atoms with Crippen LogP contribution in [0, 0.1) is 6.92 Å². The predicted octanol–water partition coefficient (Wildman–Crippen LogP) is 6.00. The fraction of sp³-hybridized carbons (Fsp3) is 0.522. The van der Waals surface area contributed by atoms with Crippen molar-refractivity contribution < 1.29 is 27.9 Å². The lowest BCUT2D eigenvalue weighted by Crippen LogP contribution is -2.23. The van der Waals surface area contributed by atoms with E-state index in [2.05, 4.69) is 26.2 Å².